The van der Waals surface area contributed by atoms with E-state index in [-0.39, 0.29) is 11.1 Å². The van der Waals surface area contributed by atoms with Crippen molar-refractivity contribution in [3.05, 3.63) is 45.7 Å². The Morgan fingerprint density at radius 3 is 2.14 bits per heavy atom. The molecule has 0 aliphatic heterocycles. The van der Waals surface area contributed by atoms with Gasteiger partial charge in [-0.1, -0.05) is 51.2 Å². The Hall–Kier alpha value is -3.29. The van der Waals surface area contributed by atoms with E-state index in [1.807, 2.05) is 0 Å². The van der Waals surface area contributed by atoms with Crippen LogP contribution in [0, 0.1) is 0 Å². The van der Waals surface area contributed by atoms with Gasteiger partial charge < -0.3 is 25.7 Å². The molecule has 0 fully saturated rings. The lowest BCUT2D eigenvalue weighted by Crippen LogP contribution is -2.24. The van der Waals surface area contributed by atoms with E-state index < -0.39 is 34.4 Å². The Labute approximate surface area is 168 Å². The number of aromatic nitrogens is 1. The number of rotatable bonds is 11. The summed E-state index contributed by atoms with van der Waals surface area (Å²) in [4.78, 5) is 37.3. The van der Waals surface area contributed by atoms with Crippen LogP contribution in [-0.4, -0.2) is 33.7 Å². The zero-order chi connectivity index (χ0) is 21.4. The van der Waals surface area contributed by atoms with Crippen molar-refractivity contribution in [2.75, 3.05) is 12.3 Å². The van der Waals surface area contributed by atoms with Crippen LogP contribution < -0.4 is 16.0 Å². The lowest BCUT2D eigenvalue weighted by molar-refractivity contribution is 0.0695. The van der Waals surface area contributed by atoms with Gasteiger partial charge in [-0.2, -0.15) is 0 Å². The molecule has 2 rings (SSSR count). The second kappa shape index (κ2) is 10.3. The molecule has 1 heterocycles. The number of anilines is 1. The molecular weight excluding hydrogens is 376 g/mol. The number of nitrogens with one attached hydrogen (secondary N) is 1. The van der Waals surface area contributed by atoms with Gasteiger partial charge in [-0.15, -0.1) is 0 Å². The molecule has 0 atom stereocenters. The largest absolute Gasteiger partial charge is 0.494 e. The van der Waals surface area contributed by atoms with E-state index in [9.17, 15) is 24.6 Å². The van der Waals surface area contributed by atoms with E-state index in [4.69, 9.17) is 10.5 Å². The van der Waals surface area contributed by atoms with Crippen LogP contribution in [0.5, 0.6) is 5.75 Å². The van der Waals surface area contributed by atoms with Crippen LogP contribution in [0.25, 0.3) is 11.1 Å². The van der Waals surface area contributed by atoms with Crippen LogP contribution in [-0.2, 0) is 0 Å². The van der Waals surface area contributed by atoms with Gasteiger partial charge in [0, 0.05) is 5.56 Å². The Kier molecular flexibility index (Phi) is 7.82. The average molecular weight is 402 g/mol. The van der Waals surface area contributed by atoms with Crippen LogP contribution >= 0.6 is 0 Å². The molecule has 0 radical (unpaired) electrons. The first kappa shape index (κ1) is 22.0. The number of carboxylic acids is 2. The van der Waals surface area contributed by atoms with Crippen molar-refractivity contribution < 1.29 is 24.5 Å². The van der Waals surface area contributed by atoms with Crippen molar-refractivity contribution in [1.29, 1.82) is 0 Å². The number of pyridine rings is 1. The maximum absolute atomic E-state index is 12.1. The molecule has 8 heteroatoms. The molecule has 29 heavy (non-hydrogen) atoms. The summed E-state index contributed by atoms with van der Waals surface area (Å²) in [5.41, 5.74) is 3.57. The van der Waals surface area contributed by atoms with Gasteiger partial charge in [0.1, 0.15) is 22.7 Å². The molecule has 0 saturated heterocycles. The highest BCUT2D eigenvalue weighted by atomic mass is 16.5. The smallest absolute Gasteiger partial charge is 0.342 e. The van der Waals surface area contributed by atoms with E-state index >= 15 is 0 Å². The molecule has 5 N–H and O–H groups in total. The van der Waals surface area contributed by atoms with E-state index in [0.717, 1.165) is 12.8 Å². The van der Waals surface area contributed by atoms with Crippen molar-refractivity contribution in [3.63, 3.8) is 0 Å². The third-order valence-corrected chi connectivity index (χ3v) is 4.58. The molecule has 0 aliphatic carbocycles. The molecule has 0 amide bonds. The number of carboxylic acid groups (broad SMARTS) is 2. The molecule has 2 aromatic rings. The van der Waals surface area contributed by atoms with E-state index in [2.05, 4.69) is 11.9 Å². The highest BCUT2D eigenvalue weighted by Crippen LogP contribution is 2.30. The van der Waals surface area contributed by atoms with Gasteiger partial charge in [-0.3, -0.25) is 4.79 Å². The number of nitrogen functional groups attached to an aromatic ring is 1. The number of hydrogen-bond donors (Lipinski definition) is 4. The summed E-state index contributed by atoms with van der Waals surface area (Å²) in [6.45, 7) is 2.73. The minimum Gasteiger partial charge on any atom is -0.494 e. The Balaban J connectivity index is 2.20. The predicted octanol–water partition coefficient (Wildman–Crippen LogP) is 3.76. The Morgan fingerprint density at radius 1 is 0.966 bits per heavy atom. The zero-order valence-corrected chi connectivity index (χ0v) is 16.4. The van der Waals surface area contributed by atoms with Crippen LogP contribution in [0.2, 0.25) is 0 Å². The lowest BCUT2D eigenvalue weighted by Gasteiger charge is -2.13. The molecule has 156 valence electrons. The molecule has 0 unspecified atom stereocenters. The van der Waals surface area contributed by atoms with Gasteiger partial charge in [-0.25, -0.2) is 9.59 Å². The van der Waals surface area contributed by atoms with Crippen LogP contribution in [0.3, 0.4) is 0 Å². The average Bonchev–Trinajstić information content (AvgIpc) is 2.66. The van der Waals surface area contributed by atoms with Gasteiger partial charge in [-0.05, 0) is 24.1 Å². The lowest BCUT2D eigenvalue weighted by atomic mass is 9.95. The van der Waals surface area contributed by atoms with E-state index in [1.165, 1.54) is 37.8 Å². The Morgan fingerprint density at radius 2 is 1.55 bits per heavy atom. The summed E-state index contributed by atoms with van der Waals surface area (Å²) in [7, 11) is 0. The van der Waals surface area contributed by atoms with Gasteiger partial charge in [0.05, 0.1) is 6.61 Å². The first-order valence-corrected chi connectivity index (χ1v) is 9.62. The van der Waals surface area contributed by atoms with Crippen molar-refractivity contribution >= 4 is 17.8 Å². The number of aromatic amines is 1. The predicted molar refractivity (Wildman–Crippen MR) is 110 cm³/mol. The van der Waals surface area contributed by atoms with Crippen molar-refractivity contribution in [2.24, 2.45) is 0 Å². The summed E-state index contributed by atoms with van der Waals surface area (Å²) in [6.07, 6.45) is 6.87. The second-order valence-electron chi connectivity index (χ2n) is 6.74. The number of unbranched alkanes of at least 4 members (excludes halogenated alkanes) is 5. The zero-order valence-electron chi connectivity index (χ0n) is 16.4. The number of carbonyl (C=O) groups is 2. The Bertz CT molecular complexity index is 918. The number of hydrogen-bond acceptors (Lipinski definition) is 5. The number of nitrogens with two attached hydrogens (primary N) is 1. The monoisotopic (exact) mass is 402 g/mol. The first-order chi connectivity index (χ1) is 13.9. The maximum Gasteiger partial charge on any atom is 0.342 e. The summed E-state index contributed by atoms with van der Waals surface area (Å²) < 4.78 is 5.68. The highest BCUT2D eigenvalue weighted by Gasteiger charge is 2.26. The van der Waals surface area contributed by atoms with Crippen LogP contribution in [0.4, 0.5) is 5.82 Å². The van der Waals surface area contributed by atoms with Crippen molar-refractivity contribution in [1.82, 2.24) is 4.98 Å². The number of H-pyrrole nitrogens is 1. The fourth-order valence-electron chi connectivity index (χ4n) is 3.13. The summed E-state index contributed by atoms with van der Waals surface area (Å²) in [5.74, 6) is -2.79. The third kappa shape index (κ3) is 5.60. The number of ether oxygens (including phenoxy) is 1. The summed E-state index contributed by atoms with van der Waals surface area (Å²) in [5, 5.41) is 18.9. The molecule has 0 aliphatic rings. The van der Waals surface area contributed by atoms with Crippen LogP contribution in [0.15, 0.2) is 29.1 Å². The van der Waals surface area contributed by atoms with Crippen LogP contribution in [0.1, 0.15) is 66.2 Å². The second-order valence-corrected chi connectivity index (χ2v) is 6.74. The van der Waals surface area contributed by atoms with Gasteiger partial charge >= 0.3 is 11.9 Å². The van der Waals surface area contributed by atoms with Crippen molar-refractivity contribution in [3.8, 4) is 16.9 Å². The molecule has 1 aromatic heterocycles. The SMILES string of the molecule is CCCCCCCCOc1ccc(-c2c(C(=O)O)c(N)[nH]c(=O)c2C(=O)O)cc1. The van der Waals surface area contributed by atoms with Crippen molar-refractivity contribution in [2.45, 2.75) is 45.4 Å². The topological polar surface area (TPSA) is 143 Å². The molecular formula is C21H26N2O6. The van der Waals surface area contributed by atoms with Gasteiger partial charge in [0.15, 0.2) is 0 Å². The minimum absolute atomic E-state index is 0.228. The van der Waals surface area contributed by atoms with E-state index in [0.29, 0.717) is 12.4 Å². The summed E-state index contributed by atoms with van der Waals surface area (Å²) >= 11 is 0. The first-order valence-electron chi connectivity index (χ1n) is 9.62. The highest BCUT2D eigenvalue weighted by molar-refractivity contribution is 6.07. The molecule has 1 aromatic carbocycles. The van der Waals surface area contributed by atoms with E-state index in [1.54, 1.807) is 12.1 Å². The quantitative estimate of drug-likeness (QED) is 0.419. The summed E-state index contributed by atoms with van der Waals surface area (Å²) in [6, 6.07) is 6.26. The number of aromatic carboxylic acids is 2. The van der Waals surface area contributed by atoms with Gasteiger partial charge in [0.25, 0.3) is 5.56 Å². The normalized spacial score (nSPS) is 10.7. The molecule has 0 saturated carbocycles. The standard InChI is InChI=1S/C21H26N2O6/c1-2-3-4-5-6-7-12-29-14-10-8-13(9-11-14)15-16(20(25)26)18(22)23-19(24)17(15)21(27)28/h8-11H,2-7,12H2,1H3,(H,25,26)(H,27,28)(H3,22,23,24). The molecule has 8 nitrogen and oxygen atoms in total. The minimum atomic E-state index is -1.54. The third-order valence-electron chi connectivity index (χ3n) is 4.58. The van der Waals surface area contributed by atoms with Gasteiger partial charge in [0.2, 0.25) is 0 Å². The fourth-order valence-corrected chi connectivity index (χ4v) is 3.13. The molecule has 0 spiro atoms. The fraction of sp³-hybridized carbons (Fsp3) is 0.381. The maximum atomic E-state index is 12.1. The molecule has 0 bridgehead atoms. The number of benzene rings is 1.